The van der Waals surface area contributed by atoms with Gasteiger partial charge in [-0.2, -0.15) is 0 Å². The van der Waals surface area contributed by atoms with Crippen molar-refractivity contribution in [3.63, 3.8) is 0 Å². The van der Waals surface area contributed by atoms with Crippen molar-refractivity contribution in [2.75, 3.05) is 0 Å². The Bertz CT molecular complexity index is 1080. The summed E-state index contributed by atoms with van der Waals surface area (Å²) in [6.45, 7) is 6.47. The number of esters is 1. The highest BCUT2D eigenvalue weighted by molar-refractivity contribution is 6.05. The van der Waals surface area contributed by atoms with E-state index in [1.165, 1.54) is 6.92 Å². The summed E-state index contributed by atoms with van der Waals surface area (Å²) >= 11 is 0. The number of H-pyrrole nitrogens is 1. The van der Waals surface area contributed by atoms with Gasteiger partial charge in [-0.3, -0.25) is 14.4 Å². The first-order valence-corrected chi connectivity index (χ1v) is 9.19. The maximum Gasteiger partial charge on any atom is 0.310 e. The lowest BCUT2D eigenvalue weighted by Crippen LogP contribution is -2.26. The van der Waals surface area contributed by atoms with Crippen LogP contribution < -0.4 is 0 Å². The van der Waals surface area contributed by atoms with Crippen molar-refractivity contribution >= 4 is 28.3 Å². The molecule has 0 saturated carbocycles. The van der Waals surface area contributed by atoms with Gasteiger partial charge in [0.25, 0.3) is 0 Å². The monoisotopic (exact) mass is 377 g/mol. The highest BCUT2D eigenvalue weighted by atomic mass is 16.5. The van der Waals surface area contributed by atoms with Crippen LogP contribution in [0.25, 0.3) is 10.8 Å². The highest BCUT2D eigenvalue weighted by Gasteiger charge is 2.26. The fourth-order valence-electron chi connectivity index (χ4n) is 3.54. The molecule has 0 amide bonds. The van der Waals surface area contributed by atoms with Gasteiger partial charge in [0, 0.05) is 11.3 Å². The predicted molar refractivity (Wildman–Crippen MR) is 108 cm³/mol. The number of fused-ring (bicyclic) bond motifs is 1. The van der Waals surface area contributed by atoms with Crippen LogP contribution in [0, 0.1) is 13.8 Å². The van der Waals surface area contributed by atoms with E-state index < -0.39 is 12.1 Å². The van der Waals surface area contributed by atoms with E-state index in [9.17, 15) is 14.4 Å². The van der Waals surface area contributed by atoms with Gasteiger partial charge in [0.1, 0.15) is 0 Å². The fourth-order valence-corrected chi connectivity index (χ4v) is 3.54. The number of carbonyl (C=O) groups excluding carboxylic acids is 3. The SMILES string of the molecule is CC(=O)c1c(C)[nH]c(C(=O)[C@H](C)OC(=O)Cc2ccc3ccccc3c2)c1C. The van der Waals surface area contributed by atoms with Gasteiger partial charge in [0.2, 0.25) is 5.78 Å². The van der Waals surface area contributed by atoms with Gasteiger partial charge in [-0.15, -0.1) is 0 Å². The third-order valence-electron chi connectivity index (χ3n) is 4.88. The molecule has 0 saturated heterocycles. The third-order valence-corrected chi connectivity index (χ3v) is 4.88. The number of carbonyl (C=O) groups is 3. The van der Waals surface area contributed by atoms with E-state index in [4.69, 9.17) is 4.74 Å². The number of rotatable bonds is 6. The van der Waals surface area contributed by atoms with Crippen molar-refractivity contribution in [1.82, 2.24) is 4.98 Å². The minimum atomic E-state index is -0.940. The molecule has 0 spiro atoms. The minimum Gasteiger partial charge on any atom is -0.454 e. The maximum atomic E-state index is 12.7. The smallest absolute Gasteiger partial charge is 0.310 e. The predicted octanol–water partition coefficient (Wildman–Crippen LogP) is 4.34. The van der Waals surface area contributed by atoms with Crippen LogP contribution >= 0.6 is 0 Å². The Balaban J connectivity index is 1.70. The Morgan fingerprint density at radius 1 is 1.04 bits per heavy atom. The van der Waals surface area contributed by atoms with Crippen molar-refractivity contribution in [1.29, 1.82) is 0 Å². The molecule has 1 heterocycles. The summed E-state index contributed by atoms with van der Waals surface area (Å²) in [5.41, 5.74) is 2.89. The number of Topliss-reactive ketones (excluding diaryl/α,β-unsaturated/α-hetero) is 2. The van der Waals surface area contributed by atoms with Crippen LogP contribution in [0.3, 0.4) is 0 Å². The molecule has 1 aromatic heterocycles. The van der Waals surface area contributed by atoms with Gasteiger partial charge in [-0.05, 0) is 49.6 Å². The minimum absolute atomic E-state index is 0.0872. The summed E-state index contributed by atoms with van der Waals surface area (Å²) in [6.07, 6.45) is -0.853. The zero-order valence-corrected chi connectivity index (χ0v) is 16.5. The molecule has 1 atom stereocenters. The van der Waals surface area contributed by atoms with Crippen LogP contribution in [-0.2, 0) is 16.0 Å². The second-order valence-corrected chi connectivity index (χ2v) is 7.04. The van der Waals surface area contributed by atoms with E-state index in [0.29, 0.717) is 22.5 Å². The topological polar surface area (TPSA) is 76.2 Å². The zero-order valence-electron chi connectivity index (χ0n) is 16.5. The largest absolute Gasteiger partial charge is 0.454 e. The number of hydrogen-bond donors (Lipinski definition) is 1. The molecule has 1 N–H and O–H groups in total. The lowest BCUT2D eigenvalue weighted by Gasteiger charge is -2.12. The molecule has 3 rings (SSSR count). The number of aromatic nitrogens is 1. The first kappa shape index (κ1) is 19.5. The molecule has 2 aromatic carbocycles. The Kier molecular flexibility index (Phi) is 5.45. The van der Waals surface area contributed by atoms with E-state index >= 15 is 0 Å². The van der Waals surface area contributed by atoms with E-state index in [1.807, 2.05) is 42.5 Å². The van der Waals surface area contributed by atoms with Crippen LogP contribution in [0.15, 0.2) is 42.5 Å². The number of aryl methyl sites for hydroxylation is 1. The molecule has 5 nitrogen and oxygen atoms in total. The van der Waals surface area contributed by atoms with Gasteiger partial charge in [0.05, 0.1) is 12.1 Å². The van der Waals surface area contributed by atoms with Gasteiger partial charge in [-0.25, -0.2) is 0 Å². The van der Waals surface area contributed by atoms with Crippen LogP contribution in [0.2, 0.25) is 0 Å². The number of benzene rings is 2. The van der Waals surface area contributed by atoms with Crippen molar-refractivity contribution in [3.8, 4) is 0 Å². The standard InChI is InChI=1S/C23H23NO4/c1-13-21(15(3)25)14(2)24-22(13)23(27)16(4)28-20(26)12-17-9-10-18-7-5-6-8-19(18)11-17/h5-11,16,24H,12H2,1-4H3/t16-/m0/s1. The number of aromatic amines is 1. The quantitative estimate of drug-likeness (QED) is 0.512. The summed E-state index contributed by atoms with van der Waals surface area (Å²) < 4.78 is 5.35. The second kappa shape index (κ2) is 7.80. The van der Waals surface area contributed by atoms with Crippen molar-refractivity contribution in [3.05, 3.63) is 70.5 Å². The normalized spacial score (nSPS) is 12.0. The lowest BCUT2D eigenvalue weighted by atomic mass is 10.0. The van der Waals surface area contributed by atoms with Crippen LogP contribution in [0.5, 0.6) is 0 Å². The lowest BCUT2D eigenvalue weighted by molar-refractivity contribution is -0.145. The van der Waals surface area contributed by atoms with E-state index in [2.05, 4.69) is 4.98 Å². The number of ether oxygens (including phenoxy) is 1. The van der Waals surface area contributed by atoms with E-state index in [0.717, 1.165) is 16.3 Å². The van der Waals surface area contributed by atoms with Crippen molar-refractivity contribution in [2.45, 2.75) is 40.2 Å². The van der Waals surface area contributed by atoms with Crippen LogP contribution in [0.1, 0.15) is 51.5 Å². The average molecular weight is 377 g/mol. The third kappa shape index (κ3) is 3.88. The number of hydrogen-bond acceptors (Lipinski definition) is 4. The van der Waals surface area contributed by atoms with Crippen LogP contribution in [-0.4, -0.2) is 28.6 Å². The van der Waals surface area contributed by atoms with Crippen molar-refractivity contribution < 1.29 is 19.1 Å². The molecule has 0 bridgehead atoms. The first-order chi connectivity index (χ1) is 13.3. The average Bonchev–Trinajstić information content (AvgIpc) is 2.95. The van der Waals surface area contributed by atoms with Gasteiger partial charge in [-0.1, -0.05) is 42.5 Å². The molecule has 28 heavy (non-hydrogen) atoms. The molecule has 0 aliphatic carbocycles. The Morgan fingerprint density at radius 3 is 2.36 bits per heavy atom. The molecule has 0 unspecified atom stereocenters. The molecule has 0 aliphatic heterocycles. The summed E-state index contributed by atoms with van der Waals surface area (Å²) in [5, 5.41) is 2.15. The fraction of sp³-hybridized carbons (Fsp3) is 0.261. The Morgan fingerprint density at radius 2 is 1.71 bits per heavy atom. The second-order valence-electron chi connectivity index (χ2n) is 7.04. The molecule has 144 valence electrons. The van der Waals surface area contributed by atoms with Gasteiger partial charge < -0.3 is 9.72 Å². The highest BCUT2D eigenvalue weighted by Crippen LogP contribution is 2.21. The van der Waals surface area contributed by atoms with Gasteiger partial charge in [0.15, 0.2) is 11.9 Å². The molecular weight excluding hydrogens is 354 g/mol. The summed E-state index contributed by atoms with van der Waals surface area (Å²) in [4.78, 5) is 39.7. The zero-order chi connectivity index (χ0) is 20.4. The molecule has 3 aromatic rings. The summed E-state index contributed by atoms with van der Waals surface area (Å²) in [7, 11) is 0. The molecule has 0 fully saturated rings. The molecule has 0 radical (unpaired) electrons. The van der Waals surface area contributed by atoms with Crippen molar-refractivity contribution in [2.24, 2.45) is 0 Å². The number of nitrogens with one attached hydrogen (secondary N) is 1. The molecular formula is C23H23NO4. The maximum absolute atomic E-state index is 12.7. The molecule has 0 aliphatic rings. The number of ketones is 2. The van der Waals surface area contributed by atoms with Crippen LogP contribution in [0.4, 0.5) is 0 Å². The Hall–Kier alpha value is -3.21. The van der Waals surface area contributed by atoms with E-state index in [-0.39, 0.29) is 18.0 Å². The summed E-state index contributed by atoms with van der Waals surface area (Å²) in [6, 6.07) is 13.7. The summed E-state index contributed by atoms with van der Waals surface area (Å²) in [5.74, 6) is -0.921. The van der Waals surface area contributed by atoms with E-state index in [1.54, 1.807) is 20.8 Å². The Labute approximate surface area is 163 Å². The van der Waals surface area contributed by atoms with Gasteiger partial charge >= 0.3 is 5.97 Å². The molecule has 5 heteroatoms. The first-order valence-electron chi connectivity index (χ1n) is 9.19.